The van der Waals surface area contributed by atoms with Gasteiger partial charge in [0.1, 0.15) is 40.4 Å². The van der Waals surface area contributed by atoms with Crippen molar-refractivity contribution < 1.29 is 23.7 Å². The number of nitriles is 1. The molecule has 1 fully saturated rings. The number of imidazole rings is 1. The Morgan fingerprint density at radius 1 is 1.25 bits per heavy atom. The molecule has 40 heavy (non-hydrogen) atoms. The number of pyridine rings is 2. The molecule has 4 aromatic rings. The second kappa shape index (κ2) is 10.1. The van der Waals surface area contributed by atoms with E-state index in [0.29, 0.717) is 61.5 Å². The zero-order chi connectivity index (χ0) is 27.9. The molecule has 1 saturated heterocycles. The lowest BCUT2D eigenvalue weighted by atomic mass is 10.0. The quantitative estimate of drug-likeness (QED) is 0.364. The molecule has 0 aliphatic carbocycles. The first kappa shape index (κ1) is 25.5. The Hall–Kier alpha value is -4.74. The van der Waals surface area contributed by atoms with E-state index in [1.165, 1.54) is 18.5 Å². The number of aromatic nitrogens is 6. The standard InChI is InChI=1S/C26H27N9O5/c1-26(2)19-11-21(33-35(19)7-9-38-26)30-24-32-23-22(34(24)3)17(12-27)18(13-29-23)39-15-4-6-28-20(10-15)31-25(36)40-16-5-8-37-14-16/h4,6,10-11,13,16H,5,7-9,14H2,1-3H3,(H,28,31,36)(H,29,30,32,33). The highest BCUT2D eigenvalue weighted by molar-refractivity contribution is 5.85. The van der Waals surface area contributed by atoms with Crippen molar-refractivity contribution in [2.75, 3.05) is 30.5 Å². The van der Waals surface area contributed by atoms with Crippen LogP contribution in [0.25, 0.3) is 11.2 Å². The topological polar surface area (TPSA) is 163 Å². The van der Waals surface area contributed by atoms with Gasteiger partial charge in [-0.05, 0) is 19.9 Å². The van der Waals surface area contributed by atoms with E-state index in [0.717, 1.165) is 5.69 Å². The minimum Gasteiger partial charge on any atom is -0.454 e. The Morgan fingerprint density at radius 3 is 2.90 bits per heavy atom. The number of hydrogen-bond acceptors (Lipinski definition) is 11. The summed E-state index contributed by atoms with van der Waals surface area (Å²) in [6.45, 7) is 6.18. The van der Waals surface area contributed by atoms with Gasteiger partial charge < -0.3 is 28.8 Å². The second-order valence-corrected chi connectivity index (χ2v) is 9.89. The monoisotopic (exact) mass is 545 g/mol. The van der Waals surface area contributed by atoms with E-state index in [1.54, 1.807) is 17.7 Å². The molecule has 2 N–H and O–H groups in total. The molecule has 0 saturated carbocycles. The van der Waals surface area contributed by atoms with E-state index in [-0.39, 0.29) is 23.2 Å². The lowest BCUT2D eigenvalue weighted by molar-refractivity contribution is -0.0532. The second-order valence-electron chi connectivity index (χ2n) is 9.89. The van der Waals surface area contributed by atoms with E-state index >= 15 is 0 Å². The van der Waals surface area contributed by atoms with Gasteiger partial charge in [-0.3, -0.25) is 10.00 Å². The van der Waals surface area contributed by atoms with Crippen LogP contribution in [0.1, 0.15) is 31.5 Å². The molecule has 4 aromatic heterocycles. The Labute approximate surface area is 228 Å². The van der Waals surface area contributed by atoms with E-state index in [4.69, 9.17) is 18.9 Å². The third kappa shape index (κ3) is 4.88. The Morgan fingerprint density at radius 2 is 2.12 bits per heavy atom. The number of rotatable bonds is 6. The molecule has 2 aliphatic heterocycles. The van der Waals surface area contributed by atoms with Crippen LogP contribution in [0.3, 0.4) is 0 Å². The summed E-state index contributed by atoms with van der Waals surface area (Å²) in [6.07, 6.45) is 2.65. The van der Waals surface area contributed by atoms with Gasteiger partial charge in [-0.1, -0.05) is 0 Å². The summed E-state index contributed by atoms with van der Waals surface area (Å²) in [4.78, 5) is 25.3. The minimum absolute atomic E-state index is 0.226. The number of ether oxygens (including phenoxy) is 4. The van der Waals surface area contributed by atoms with Gasteiger partial charge in [0.2, 0.25) is 5.95 Å². The molecule has 14 heteroatoms. The zero-order valence-electron chi connectivity index (χ0n) is 22.2. The normalized spacial score (nSPS) is 17.7. The van der Waals surface area contributed by atoms with Crippen LogP contribution < -0.4 is 15.4 Å². The van der Waals surface area contributed by atoms with Gasteiger partial charge in [-0.25, -0.2) is 14.8 Å². The van der Waals surface area contributed by atoms with Crippen molar-refractivity contribution in [3.8, 4) is 17.6 Å². The minimum atomic E-state index is -0.634. The summed E-state index contributed by atoms with van der Waals surface area (Å²) in [5.41, 5.74) is 1.62. The van der Waals surface area contributed by atoms with Gasteiger partial charge in [-0.15, -0.1) is 0 Å². The summed E-state index contributed by atoms with van der Waals surface area (Å²) in [5.74, 6) is 1.88. The summed E-state index contributed by atoms with van der Waals surface area (Å²) < 4.78 is 26.0. The number of nitrogens with one attached hydrogen (secondary N) is 2. The summed E-state index contributed by atoms with van der Waals surface area (Å²) in [5, 5.41) is 20.5. The highest BCUT2D eigenvalue weighted by Gasteiger charge is 2.31. The van der Waals surface area contributed by atoms with E-state index < -0.39 is 11.7 Å². The molecule has 14 nitrogen and oxygen atoms in total. The highest BCUT2D eigenvalue weighted by Crippen LogP contribution is 2.34. The first-order valence-corrected chi connectivity index (χ1v) is 12.7. The van der Waals surface area contributed by atoms with Crippen molar-refractivity contribution in [3.05, 3.63) is 41.9 Å². The van der Waals surface area contributed by atoms with Crippen molar-refractivity contribution in [1.29, 1.82) is 5.26 Å². The number of amides is 1. The van der Waals surface area contributed by atoms with Crippen molar-refractivity contribution in [2.45, 2.75) is 38.5 Å². The molecule has 1 atom stereocenters. The number of anilines is 3. The third-order valence-corrected chi connectivity index (χ3v) is 6.73. The zero-order valence-corrected chi connectivity index (χ0v) is 22.2. The van der Waals surface area contributed by atoms with Crippen LogP contribution in [0.5, 0.6) is 11.5 Å². The average molecular weight is 546 g/mol. The van der Waals surface area contributed by atoms with Gasteiger partial charge in [0.05, 0.1) is 38.3 Å². The number of carbonyl (C=O) groups excluding carboxylic acids is 1. The van der Waals surface area contributed by atoms with Crippen molar-refractivity contribution in [1.82, 2.24) is 29.3 Å². The Bertz CT molecular complexity index is 1630. The number of nitrogens with zero attached hydrogens (tertiary/aromatic N) is 7. The van der Waals surface area contributed by atoms with E-state index in [9.17, 15) is 10.1 Å². The fourth-order valence-corrected chi connectivity index (χ4v) is 4.72. The van der Waals surface area contributed by atoms with Gasteiger partial charge in [0.25, 0.3) is 0 Å². The molecule has 1 unspecified atom stereocenters. The summed E-state index contributed by atoms with van der Waals surface area (Å²) in [7, 11) is 1.78. The van der Waals surface area contributed by atoms with Crippen LogP contribution >= 0.6 is 0 Å². The lowest BCUT2D eigenvalue weighted by Gasteiger charge is -2.30. The number of carbonyl (C=O) groups is 1. The average Bonchev–Trinajstić information content (AvgIpc) is 3.65. The Kier molecular flexibility index (Phi) is 6.45. The maximum atomic E-state index is 12.2. The molecule has 0 spiro atoms. The highest BCUT2D eigenvalue weighted by atomic mass is 16.6. The molecular formula is C26H27N9O5. The smallest absolute Gasteiger partial charge is 0.413 e. The number of fused-ring (bicyclic) bond motifs is 2. The number of aryl methyl sites for hydroxylation is 1. The maximum absolute atomic E-state index is 12.2. The van der Waals surface area contributed by atoms with Crippen molar-refractivity contribution in [2.24, 2.45) is 7.05 Å². The molecule has 206 valence electrons. The first-order valence-electron chi connectivity index (χ1n) is 12.7. The van der Waals surface area contributed by atoms with Crippen LogP contribution in [0, 0.1) is 11.3 Å². The summed E-state index contributed by atoms with van der Waals surface area (Å²) >= 11 is 0. The third-order valence-electron chi connectivity index (χ3n) is 6.73. The van der Waals surface area contributed by atoms with Gasteiger partial charge in [-0.2, -0.15) is 15.3 Å². The predicted octanol–water partition coefficient (Wildman–Crippen LogP) is 3.57. The van der Waals surface area contributed by atoms with E-state index in [2.05, 4.69) is 36.8 Å². The van der Waals surface area contributed by atoms with Crippen LogP contribution in [-0.4, -0.2) is 61.3 Å². The molecule has 2 aliphatic rings. The van der Waals surface area contributed by atoms with Crippen LogP contribution in [0.2, 0.25) is 0 Å². The maximum Gasteiger partial charge on any atom is 0.413 e. The summed E-state index contributed by atoms with van der Waals surface area (Å²) in [6, 6.07) is 7.27. The fourth-order valence-electron chi connectivity index (χ4n) is 4.72. The lowest BCUT2D eigenvalue weighted by Crippen LogP contribution is -2.33. The largest absolute Gasteiger partial charge is 0.454 e. The van der Waals surface area contributed by atoms with Crippen LogP contribution in [0.15, 0.2) is 30.6 Å². The molecule has 6 rings (SSSR count). The molecule has 1 amide bonds. The van der Waals surface area contributed by atoms with Gasteiger partial charge in [0, 0.05) is 31.8 Å². The fraction of sp³-hybridized carbons (Fsp3) is 0.385. The van der Waals surface area contributed by atoms with Crippen molar-refractivity contribution >= 4 is 34.8 Å². The van der Waals surface area contributed by atoms with Crippen molar-refractivity contribution in [3.63, 3.8) is 0 Å². The van der Waals surface area contributed by atoms with Crippen LogP contribution in [-0.2, 0) is 33.4 Å². The van der Waals surface area contributed by atoms with Crippen LogP contribution in [0.4, 0.5) is 22.4 Å². The van der Waals surface area contributed by atoms with Gasteiger partial charge >= 0.3 is 6.09 Å². The molecule has 0 radical (unpaired) electrons. The molecular weight excluding hydrogens is 518 g/mol. The van der Waals surface area contributed by atoms with E-state index in [1.807, 2.05) is 24.6 Å². The van der Waals surface area contributed by atoms with Gasteiger partial charge in [0.15, 0.2) is 17.2 Å². The molecule has 0 bridgehead atoms. The molecule has 6 heterocycles. The predicted molar refractivity (Wildman–Crippen MR) is 141 cm³/mol. The first-order chi connectivity index (χ1) is 19.3. The number of hydrogen-bond donors (Lipinski definition) is 2. The SMILES string of the molecule is Cn1c(Nc2cc3n(n2)CCOC3(C)C)nc2ncc(Oc3ccnc(NC(=O)OC4CCOC4)c3)c(C#N)c21. The Balaban J connectivity index is 1.23. The molecule has 0 aromatic carbocycles.